The topological polar surface area (TPSA) is 21.3 Å². The predicted octanol–water partition coefficient (Wildman–Crippen LogP) is 3.23. The summed E-state index contributed by atoms with van der Waals surface area (Å²) in [6.07, 6.45) is 1.11. The molecule has 0 aliphatic rings. The molecule has 3 heteroatoms. The molecule has 0 saturated carbocycles. The maximum atomic E-state index is 5.07. The van der Waals surface area contributed by atoms with E-state index in [2.05, 4.69) is 37.4 Å². The molecule has 0 unspecified atom stereocenters. The van der Waals surface area contributed by atoms with E-state index in [4.69, 9.17) is 4.74 Å². The van der Waals surface area contributed by atoms with Gasteiger partial charge in [0.1, 0.15) is 0 Å². The minimum Gasteiger partial charge on any atom is -0.385 e. The summed E-state index contributed by atoms with van der Waals surface area (Å²) in [4.78, 5) is 1.40. The maximum Gasteiger partial charge on any atom is 0.0470 e. The zero-order chi connectivity index (χ0) is 12.5. The van der Waals surface area contributed by atoms with Gasteiger partial charge in [-0.2, -0.15) is 0 Å². The molecule has 0 fully saturated rings. The van der Waals surface area contributed by atoms with E-state index in [0.717, 1.165) is 31.9 Å². The van der Waals surface area contributed by atoms with Crippen molar-refractivity contribution in [2.24, 2.45) is 0 Å². The van der Waals surface area contributed by atoms with Gasteiger partial charge < -0.3 is 10.1 Å². The van der Waals surface area contributed by atoms with Gasteiger partial charge in [-0.1, -0.05) is 24.6 Å². The van der Waals surface area contributed by atoms with Crippen LogP contribution in [0, 0.1) is 6.92 Å². The molecule has 0 aromatic heterocycles. The van der Waals surface area contributed by atoms with Crippen molar-refractivity contribution in [2.75, 3.05) is 26.0 Å². The van der Waals surface area contributed by atoms with Crippen molar-refractivity contribution >= 4 is 11.8 Å². The van der Waals surface area contributed by atoms with Crippen LogP contribution in [0.4, 0.5) is 0 Å². The summed E-state index contributed by atoms with van der Waals surface area (Å²) < 4.78 is 5.07. The predicted molar refractivity (Wildman–Crippen MR) is 75.8 cm³/mol. The molecule has 96 valence electrons. The Balaban J connectivity index is 2.55. The molecule has 0 atom stereocenters. The van der Waals surface area contributed by atoms with Gasteiger partial charge in [0.05, 0.1) is 0 Å². The van der Waals surface area contributed by atoms with Crippen molar-refractivity contribution < 1.29 is 4.74 Å². The Kier molecular flexibility index (Phi) is 7.33. The second-order valence-electron chi connectivity index (χ2n) is 4.09. The molecule has 0 aliphatic carbocycles. The Hall–Kier alpha value is -0.510. The lowest BCUT2D eigenvalue weighted by Crippen LogP contribution is -2.12. The highest BCUT2D eigenvalue weighted by Gasteiger charge is 2.03. The first-order valence-corrected chi connectivity index (χ1v) is 7.18. The molecule has 0 bridgehead atoms. The van der Waals surface area contributed by atoms with Crippen molar-refractivity contribution in [1.29, 1.82) is 0 Å². The van der Waals surface area contributed by atoms with E-state index >= 15 is 0 Å². The lowest BCUT2D eigenvalue weighted by Gasteiger charge is -2.10. The Bertz CT molecular complexity index is 328. The quantitative estimate of drug-likeness (QED) is 0.568. The summed E-state index contributed by atoms with van der Waals surface area (Å²) in [5, 5.41) is 3.40. The van der Waals surface area contributed by atoms with E-state index in [1.165, 1.54) is 16.0 Å². The average molecular weight is 253 g/mol. The van der Waals surface area contributed by atoms with Crippen molar-refractivity contribution in [3.63, 3.8) is 0 Å². The highest BCUT2D eigenvalue weighted by atomic mass is 32.2. The monoisotopic (exact) mass is 253 g/mol. The van der Waals surface area contributed by atoms with Gasteiger partial charge in [-0.05, 0) is 31.5 Å². The summed E-state index contributed by atoms with van der Waals surface area (Å²) >= 11 is 1.93. The molecule has 0 spiro atoms. The molecule has 0 amide bonds. The largest absolute Gasteiger partial charge is 0.385 e. The molecule has 17 heavy (non-hydrogen) atoms. The molecule has 1 rings (SSSR count). The van der Waals surface area contributed by atoms with Gasteiger partial charge in [0.15, 0.2) is 0 Å². The van der Waals surface area contributed by atoms with Crippen molar-refractivity contribution in [1.82, 2.24) is 5.32 Å². The molecular formula is C14H23NOS. The molecule has 0 heterocycles. The first kappa shape index (κ1) is 14.6. The fourth-order valence-electron chi connectivity index (χ4n) is 1.63. The van der Waals surface area contributed by atoms with E-state index in [9.17, 15) is 0 Å². The first-order valence-electron chi connectivity index (χ1n) is 6.20. The van der Waals surface area contributed by atoms with E-state index in [1.54, 1.807) is 7.11 Å². The second-order valence-corrected chi connectivity index (χ2v) is 5.22. The minimum absolute atomic E-state index is 0.849. The number of aryl methyl sites for hydroxylation is 1. The molecule has 1 N–H and O–H groups in total. The maximum absolute atomic E-state index is 5.07. The number of methoxy groups -OCH3 is 1. The first-order chi connectivity index (χ1) is 8.27. The minimum atomic E-state index is 0.849. The van der Waals surface area contributed by atoms with Crippen LogP contribution in [0.5, 0.6) is 0 Å². The molecule has 0 saturated heterocycles. The third-order valence-corrected chi connectivity index (χ3v) is 3.73. The van der Waals surface area contributed by atoms with Crippen LogP contribution in [0.1, 0.15) is 24.5 Å². The Labute approximate surface area is 109 Å². The van der Waals surface area contributed by atoms with Gasteiger partial charge in [-0.25, -0.2) is 0 Å². The molecule has 0 aliphatic heterocycles. The number of hydrogen-bond donors (Lipinski definition) is 1. The molecule has 2 nitrogen and oxygen atoms in total. The summed E-state index contributed by atoms with van der Waals surface area (Å²) in [6.45, 7) is 7.12. The van der Waals surface area contributed by atoms with Gasteiger partial charge >= 0.3 is 0 Å². The van der Waals surface area contributed by atoms with Gasteiger partial charge in [-0.3, -0.25) is 0 Å². The number of nitrogens with one attached hydrogen (secondary N) is 1. The van der Waals surface area contributed by atoms with Gasteiger partial charge in [0.2, 0.25) is 0 Å². The van der Waals surface area contributed by atoms with Gasteiger partial charge in [0.25, 0.3) is 0 Å². The fourth-order valence-corrected chi connectivity index (χ4v) is 2.60. The lowest BCUT2D eigenvalue weighted by molar-refractivity contribution is 0.200. The molecule has 1 aromatic rings. The van der Waals surface area contributed by atoms with Crippen LogP contribution in [-0.2, 0) is 11.3 Å². The summed E-state index contributed by atoms with van der Waals surface area (Å²) in [5.41, 5.74) is 2.74. The number of benzene rings is 1. The highest BCUT2D eigenvalue weighted by Crippen LogP contribution is 2.24. The van der Waals surface area contributed by atoms with Crippen LogP contribution < -0.4 is 5.32 Å². The standard InChI is InChI=1S/C14H23NOS/c1-4-15-11-13-10-12(2)6-7-14(13)17-9-5-8-16-3/h6-7,10,15H,4-5,8-9,11H2,1-3H3. The van der Waals surface area contributed by atoms with E-state index in [0.29, 0.717) is 0 Å². The summed E-state index contributed by atoms with van der Waals surface area (Å²) in [6, 6.07) is 6.70. The summed E-state index contributed by atoms with van der Waals surface area (Å²) in [7, 11) is 1.76. The zero-order valence-electron chi connectivity index (χ0n) is 11.1. The lowest BCUT2D eigenvalue weighted by atomic mass is 10.1. The van der Waals surface area contributed by atoms with Crippen molar-refractivity contribution in [2.45, 2.75) is 31.7 Å². The number of thioether (sulfide) groups is 1. The van der Waals surface area contributed by atoms with Crippen LogP contribution in [-0.4, -0.2) is 26.0 Å². The zero-order valence-corrected chi connectivity index (χ0v) is 11.9. The van der Waals surface area contributed by atoms with Crippen LogP contribution >= 0.6 is 11.8 Å². The number of hydrogen-bond acceptors (Lipinski definition) is 3. The molecule has 0 radical (unpaired) electrons. The molecular weight excluding hydrogens is 230 g/mol. The normalized spacial score (nSPS) is 10.8. The van der Waals surface area contributed by atoms with E-state index in [1.807, 2.05) is 11.8 Å². The third kappa shape index (κ3) is 5.57. The van der Waals surface area contributed by atoms with Crippen LogP contribution in [0.3, 0.4) is 0 Å². The van der Waals surface area contributed by atoms with Crippen molar-refractivity contribution in [3.05, 3.63) is 29.3 Å². The van der Waals surface area contributed by atoms with Gasteiger partial charge in [-0.15, -0.1) is 11.8 Å². The van der Waals surface area contributed by atoms with E-state index in [-0.39, 0.29) is 0 Å². The van der Waals surface area contributed by atoms with Crippen LogP contribution in [0.25, 0.3) is 0 Å². The average Bonchev–Trinajstić information content (AvgIpc) is 2.34. The third-order valence-electron chi connectivity index (χ3n) is 2.53. The van der Waals surface area contributed by atoms with Crippen LogP contribution in [0.15, 0.2) is 23.1 Å². The Morgan fingerprint density at radius 1 is 1.35 bits per heavy atom. The van der Waals surface area contributed by atoms with Gasteiger partial charge in [0, 0.05) is 30.9 Å². The molecule has 1 aromatic carbocycles. The smallest absolute Gasteiger partial charge is 0.0470 e. The number of ether oxygens (including phenoxy) is 1. The second kappa shape index (κ2) is 8.56. The Morgan fingerprint density at radius 3 is 2.88 bits per heavy atom. The highest BCUT2D eigenvalue weighted by molar-refractivity contribution is 7.99. The SMILES string of the molecule is CCNCc1cc(C)ccc1SCCCOC. The van der Waals surface area contributed by atoms with E-state index < -0.39 is 0 Å². The van der Waals surface area contributed by atoms with Crippen LogP contribution in [0.2, 0.25) is 0 Å². The number of rotatable bonds is 8. The van der Waals surface area contributed by atoms with Crippen molar-refractivity contribution in [3.8, 4) is 0 Å². The summed E-state index contributed by atoms with van der Waals surface area (Å²) in [5.74, 6) is 1.12. The fraction of sp³-hybridized carbons (Fsp3) is 0.571. The Morgan fingerprint density at radius 2 is 2.18 bits per heavy atom.